The zero-order valence-corrected chi connectivity index (χ0v) is 14.2. The molecule has 116 valence electrons. The molecule has 0 aliphatic heterocycles. The number of rotatable bonds is 4. The van der Waals surface area contributed by atoms with E-state index in [0.717, 1.165) is 28.7 Å². The lowest BCUT2D eigenvalue weighted by Gasteiger charge is -2.19. The van der Waals surface area contributed by atoms with Crippen LogP contribution in [0.25, 0.3) is 0 Å². The molecule has 1 atom stereocenters. The molecule has 0 saturated carbocycles. The van der Waals surface area contributed by atoms with Gasteiger partial charge in [0.1, 0.15) is 0 Å². The van der Waals surface area contributed by atoms with Crippen molar-refractivity contribution in [2.45, 2.75) is 47.1 Å². The molecular formula is C20H25NO. The highest BCUT2D eigenvalue weighted by molar-refractivity contribution is 5.96. The van der Waals surface area contributed by atoms with E-state index in [2.05, 4.69) is 56.4 Å². The lowest BCUT2D eigenvalue weighted by molar-refractivity contribution is 0.0935. The van der Waals surface area contributed by atoms with Crippen molar-refractivity contribution in [1.29, 1.82) is 0 Å². The third-order valence-electron chi connectivity index (χ3n) is 4.28. The van der Waals surface area contributed by atoms with Crippen molar-refractivity contribution in [2.24, 2.45) is 0 Å². The lowest BCUT2D eigenvalue weighted by atomic mass is 9.98. The monoisotopic (exact) mass is 295 g/mol. The summed E-state index contributed by atoms with van der Waals surface area (Å²) in [6.07, 6.45) is 0.874. The van der Waals surface area contributed by atoms with Crippen LogP contribution in [0.4, 0.5) is 0 Å². The zero-order chi connectivity index (χ0) is 16.3. The zero-order valence-electron chi connectivity index (χ0n) is 14.2. The predicted molar refractivity (Wildman–Crippen MR) is 92.3 cm³/mol. The molecule has 0 fully saturated rings. The van der Waals surface area contributed by atoms with Gasteiger partial charge in [-0.05, 0) is 62.4 Å². The molecule has 0 aliphatic carbocycles. The molecule has 2 rings (SSSR count). The van der Waals surface area contributed by atoms with Crippen LogP contribution in [0.5, 0.6) is 0 Å². The molecule has 22 heavy (non-hydrogen) atoms. The van der Waals surface area contributed by atoms with Crippen LogP contribution in [0, 0.1) is 27.7 Å². The molecule has 0 spiro atoms. The standard InChI is InChI=1S/C20H25NO/c1-6-19(17-9-7-13(2)8-10-17)21-20(22)18-12-15(4)14(3)11-16(18)5/h7-12,19H,6H2,1-5H3,(H,21,22). The maximum atomic E-state index is 12.6. The Morgan fingerprint density at radius 2 is 1.55 bits per heavy atom. The number of carbonyl (C=O) groups excluding carboxylic acids is 1. The summed E-state index contributed by atoms with van der Waals surface area (Å²) in [5, 5.41) is 3.17. The van der Waals surface area contributed by atoms with Gasteiger partial charge in [0.25, 0.3) is 5.91 Å². The Balaban J connectivity index is 2.23. The second-order valence-electron chi connectivity index (χ2n) is 6.10. The minimum absolute atomic E-state index is 0.00743. The second-order valence-corrected chi connectivity index (χ2v) is 6.10. The van der Waals surface area contributed by atoms with Crippen LogP contribution in [0.2, 0.25) is 0 Å². The molecule has 0 heterocycles. The molecular weight excluding hydrogens is 270 g/mol. The van der Waals surface area contributed by atoms with Crippen molar-refractivity contribution in [3.05, 3.63) is 69.8 Å². The van der Waals surface area contributed by atoms with Gasteiger partial charge in [0.2, 0.25) is 0 Å². The Hall–Kier alpha value is -2.09. The Morgan fingerprint density at radius 1 is 0.955 bits per heavy atom. The normalized spacial score (nSPS) is 12.0. The van der Waals surface area contributed by atoms with Gasteiger partial charge >= 0.3 is 0 Å². The smallest absolute Gasteiger partial charge is 0.252 e. The van der Waals surface area contributed by atoms with Gasteiger partial charge < -0.3 is 5.32 Å². The van der Waals surface area contributed by atoms with E-state index in [1.807, 2.05) is 19.9 Å². The number of aryl methyl sites for hydroxylation is 4. The highest BCUT2D eigenvalue weighted by Gasteiger charge is 2.16. The molecule has 1 unspecified atom stereocenters. The Kier molecular flexibility index (Phi) is 5.02. The fraction of sp³-hybridized carbons (Fsp3) is 0.350. The highest BCUT2D eigenvalue weighted by atomic mass is 16.1. The van der Waals surface area contributed by atoms with Crippen molar-refractivity contribution >= 4 is 5.91 Å². The summed E-state index contributed by atoms with van der Waals surface area (Å²) >= 11 is 0. The molecule has 0 bridgehead atoms. The molecule has 2 aromatic carbocycles. The van der Waals surface area contributed by atoms with Crippen molar-refractivity contribution in [1.82, 2.24) is 5.32 Å². The summed E-state index contributed by atoms with van der Waals surface area (Å²) in [7, 11) is 0. The van der Waals surface area contributed by atoms with Crippen LogP contribution < -0.4 is 5.32 Å². The van der Waals surface area contributed by atoms with Gasteiger partial charge in [0, 0.05) is 5.56 Å². The van der Waals surface area contributed by atoms with Gasteiger partial charge in [-0.15, -0.1) is 0 Å². The summed E-state index contributed by atoms with van der Waals surface area (Å²) in [4.78, 5) is 12.6. The number of benzene rings is 2. The first-order valence-electron chi connectivity index (χ1n) is 7.87. The quantitative estimate of drug-likeness (QED) is 0.862. The van der Waals surface area contributed by atoms with E-state index in [0.29, 0.717) is 0 Å². The summed E-state index contributed by atoms with van der Waals surface area (Å²) in [5.41, 5.74) is 6.56. The minimum atomic E-state index is 0.00743. The van der Waals surface area contributed by atoms with Gasteiger partial charge in [-0.2, -0.15) is 0 Å². The van der Waals surface area contributed by atoms with Gasteiger partial charge in [-0.3, -0.25) is 4.79 Å². The first-order valence-corrected chi connectivity index (χ1v) is 7.87. The van der Waals surface area contributed by atoms with E-state index < -0.39 is 0 Å². The van der Waals surface area contributed by atoms with Crippen molar-refractivity contribution in [3.63, 3.8) is 0 Å². The van der Waals surface area contributed by atoms with Gasteiger partial charge in [-0.1, -0.05) is 42.8 Å². The third kappa shape index (κ3) is 3.56. The third-order valence-corrected chi connectivity index (χ3v) is 4.28. The minimum Gasteiger partial charge on any atom is -0.345 e. The van der Waals surface area contributed by atoms with Crippen LogP contribution in [-0.4, -0.2) is 5.91 Å². The number of amides is 1. The molecule has 1 N–H and O–H groups in total. The molecule has 0 aliphatic rings. The average molecular weight is 295 g/mol. The molecule has 2 nitrogen and oxygen atoms in total. The van der Waals surface area contributed by atoms with Crippen LogP contribution in [0.1, 0.15) is 57.6 Å². The van der Waals surface area contributed by atoms with Gasteiger partial charge in [0.05, 0.1) is 6.04 Å². The molecule has 0 aromatic heterocycles. The molecule has 1 amide bonds. The first kappa shape index (κ1) is 16.3. The first-order chi connectivity index (χ1) is 10.4. The average Bonchev–Trinajstić information content (AvgIpc) is 2.49. The summed E-state index contributed by atoms with van der Waals surface area (Å²) in [5.74, 6) is 0.00743. The van der Waals surface area contributed by atoms with Crippen molar-refractivity contribution < 1.29 is 4.79 Å². The van der Waals surface area contributed by atoms with Crippen LogP contribution in [0.15, 0.2) is 36.4 Å². The summed E-state index contributed by atoms with van der Waals surface area (Å²) < 4.78 is 0. The van der Waals surface area contributed by atoms with E-state index >= 15 is 0 Å². The maximum Gasteiger partial charge on any atom is 0.252 e. The molecule has 2 heteroatoms. The van der Waals surface area contributed by atoms with Gasteiger partial charge in [-0.25, -0.2) is 0 Å². The largest absolute Gasteiger partial charge is 0.345 e. The SMILES string of the molecule is CCC(NC(=O)c1cc(C)c(C)cc1C)c1ccc(C)cc1. The van der Waals surface area contributed by atoms with Crippen LogP contribution in [-0.2, 0) is 0 Å². The van der Waals surface area contributed by atoms with Crippen LogP contribution >= 0.6 is 0 Å². The van der Waals surface area contributed by atoms with Crippen molar-refractivity contribution in [2.75, 3.05) is 0 Å². The van der Waals surface area contributed by atoms with Crippen molar-refractivity contribution in [3.8, 4) is 0 Å². The molecule has 0 radical (unpaired) electrons. The second kappa shape index (κ2) is 6.78. The molecule has 2 aromatic rings. The van der Waals surface area contributed by atoms with E-state index in [9.17, 15) is 4.79 Å². The predicted octanol–water partition coefficient (Wildman–Crippen LogP) is 4.80. The Morgan fingerprint density at radius 3 is 2.14 bits per heavy atom. The van der Waals surface area contributed by atoms with E-state index in [-0.39, 0.29) is 11.9 Å². The highest BCUT2D eigenvalue weighted by Crippen LogP contribution is 2.20. The molecule has 0 saturated heterocycles. The van der Waals surface area contributed by atoms with E-state index in [1.54, 1.807) is 0 Å². The topological polar surface area (TPSA) is 29.1 Å². The van der Waals surface area contributed by atoms with Crippen LogP contribution in [0.3, 0.4) is 0 Å². The lowest BCUT2D eigenvalue weighted by Crippen LogP contribution is -2.28. The summed E-state index contributed by atoms with van der Waals surface area (Å²) in [6, 6.07) is 12.5. The van der Waals surface area contributed by atoms with E-state index in [4.69, 9.17) is 0 Å². The fourth-order valence-corrected chi connectivity index (χ4v) is 2.66. The Bertz CT molecular complexity index is 671. The summed E-state index contributed by atoms with van der Waals surface area (Å²) in [6.45, 7) is 10.3. The number of nitrogens with one attached hydrogen (secondary N) is 1. The Labute approximate surface area is 133 Å². The van der Waals surface area contributed by atoms with E-state index in [1.165, 1.54) is 11.1 Å². The number of hydrogen-bond donors (Lipinski definition) is 1. The maximum absolute atomic E-state index is 12.6. The van der Waals surface area contributed by atoms with Gasteiger partial charge in [0.15, 0.2) is 0 Å². The fourth-order valence-electron chi connectivity index (χ4n) is 2.66. The number of carbonyl (C=O) groups is 1. The number of hydrogen-bond acceptors (Lipinski definition) is 1.